The lowest BCUT2D eigenvalue weighted by atomic mass is 9.90. The van der Waals surface area contributed by atoms with Crippen LogP contribution < -0.4 is 4.74 Å². The van der Waals surface area contributed by atoms with Crippen LogP contribution in [0.5, 0.6) is 5.75 Å². The van der Waals surface area contributed by atoms with Gasteiger partial charge in [0.05, 0.1) is 12.3 Å². The molecule has 2 aromatic rings. The molecule has 26 heavy (non-hydrogen) atoms. The molecule has 0 saturated heterocycles. The number of allylic oxidation sites excluding steroid dienone is 1. The molecule has 0 unspecified atom stereocenters. The fraction of sp³-hybridized carbons (Fsp3) is 0.375. The van der Waals surface area contributed by atoms with Gasteiger partial charge in [-0.15, -0.1) is 0 Å². The van der Waals surface area contributed by atoms with Crippen LogP contribution in [0.4, 0.5) is 0 Å². The quantitative estimate of drug-likeness (QED) is 0.681. The molecule has 0 aromatic heterocycles. The Bertz CT molecular complexity index is 785. The van der Waals surface area contributed by atoms with Crippen molar-refractivity contribution in [1.82, 2.24) is 0 Å². The van der Waals surface area contributed by atoms with Gasteiger partial charge in [0.25, 0.3) is 0 Å². The number of rotatable bonds is 5. The summed E-state index contributed by atoms with van der Waals surface area (Å²) in [6.45, 7) is 1.72. The molecule has 0 amide bonds. The Kier molecular flexibility index (Phi) is 5.49. The molecule has 4 rings (SSSR count). The van der Waals surface area contributed by atoms with Gasteiger partial charge in [0.1, 0.15) is 5.75 Å². The lowest BCUT2D eigenvalue weighted by molar-refractivity contribution is 0.208. The summed E-state index contributed by atoms with van der Waals surface area (Å²) in [5.74, 6) is 1.76. The molecule has 1 heterocycles. The van der Waals surface area contributed by atoms with Gasteiger partial charge in [0.2, 0.25) is 0 Å². The van der Waals surface area contributed by atoms with Crippen molar-refractivity contribution in [2.45, 2.75) is 38.5 Å². The van der Waals surface area contributed by atoms with E-state index in [0.29, 0.717) is 0 Å². The van der Waals surface area contributed by atoms with E-state index in [1.807, 2.05) is 6.07 Å². The van der Waals surface area contributed by atoms with E-state index in [4.69, 9.17) is 9.73 Å². The molecule has 0 radical (unpaired) electrons. The monoisotopic (exact) mass is 345 g/mol. The van der Waals surface area contributed by atoms with Gasteiger partial charge in [-0.3, -0.25) is 4.99 Å². The summed E-state index contributed by atoms with van der Waals surface area (Å²) in [6, 6.07) is 16.9. The van der Waals surface area contributed by atoms with Gasteiger partial charge in [0.15, 0.2) is 0 Å². The fourth-order valence-electron chi connectivity index (χ4n) is 3.95. The highest BCUT2D eigenvalue weighted by Gasteiger charge is 2.16. The smallest absolute Gasteiger partial charge is 0.119 e. The third-order valence-corrected chi connectivity index (χ3v) is 5.46. The normalized spacial score (nSPS) is 17.8. The number of hydrogen-bond donors (Lipinski definition) is 0. The fourth-order valence-corrected chi connectivity index (χ4v) is 3.95. The van der Waals surface area contributed by atoms with Crippen LogP contribution in [0.1, 0.15) is 48.8 Å². The number of nitrogens with zero attached hydrogens (tertiary/aromatic N) is 1. The molecule has 1 fully saturated rings. The second-order valence-electron chi connectivity index (χ2n) is 7.39. The molecule has 0 spiro atoms. The van der Waals surface area contributed by atoms with Crippen LogP contribution in [0.15, 0.2) is 59.6 Å². The minimum atomic E-state index is 0.741. The Hall–Kier alpha value is -2.35. The van der Waals surface area contributed by atoms with Gasteiger partial charge >= 0.3 is 0 Å². The maximum Gasteiger partial charge on any atom is 0.119 e. The standard InChI is InChI=1S/C24H27NO/c1-3-7-19(8-4-1)11-14-24-23-13-12-22(17-21(23)15-16-25-24)26-18-20-9-5-2-6-10-20/h1,3-4,7-8,11-14,17,20H,2,5-6,9-10,15-16,18H2. The molecule has 0 bridgehead atoms. The van der Waals surface area contributed by atoms with Gasteiger partial charge in [-0.1, -0.05) is 55.7 Å². The number of fused-ring (bicyclic) bond motifs is 1. The van der Waals surface area contributed by atoms with Crippen molar-refractivity contribution in [1.29, 1.82) is 0 Å². The summed E-state index contributed by atoms with van der Waals surface area (Å²) in [5.41, 5.74) is 4.88. The number of ether oxygens (including phenoxy) is 1. The summed E-state index contributed by atoms with van der Waals surface area (Å²) in [4.78, 5) is 4.72. The molecule has 2 aliphatic rings. The van der Waals surface area contributed by atoms with Gasteiger partial charge in [-0.2, -0.15) is 0 Å². The minimum absolute atomic E-state index is 0.741. The van der Waals surface area contributed by atoms with Crippen LogP contribution in [0.25, 0.3) is 6.08 Å². The lowest BCUT2D eigenvalue weighted by Gasteiger charge is -2.22. The van der Waals surface area contributed by atoms with Crippen molar-refractivity contribution in [2.24, 2.45) is 10.9 Å². The molecule has 1 saturated carbocycles. The number of benzene rings is 2. The summed E-state index contributed by atoms with van der Waals surface area (Å²) < 4.78 is 6.12. The maximum absolute atomic E-state index is 6.12. The molecule has 2 aromatic carbocycles. The Morgan fingerprint density at radius 2 is 1.81 bits per heavy atom. The third kappa shape index (κ3) is 4.24. The minimum Gasteiger partial charge on any atom is -0.493 e. The Labute approximate surface area is 156 Å². The van der Waals surface area contributed by atoms with Crippen LogP contribution >= 0.6 is 0 Å². The van der Waals surface area contributed by atoms with Gasteiger partial charge in [-0.25, -0.2) is 0 Å². The average Bonchev–Trinajstić information content (AvgIpc) is 2.72. The third-order valence-electron chi connectivity index (χ3n) is 5.46. The van der Waals surface area contributed by atoms with Crippen LogP contribution in [0.2, 0.25) is 0 Å². The predicted molar refractivity (Wildman–Crippen MR) is 109 cm³/mol. The lowest BCUT2D eigenvalue weighted by Crippen LogP contribution is -2.16. The van der Waals surface area contributed by atoms with Crippen molar-refractivity contribution in [2.75, 3.05) is 13.2 Å². The van der Waals surface area contributed by atoms with E-state index in [2.05, 4.69) is 54.6 Å². The first-order chi connectivity index (χ1) is 12.9. The first-order valence-corrected chi connectivity index (χ1v) is 9.92. The summed E-state index contributed by atoms with van der Waals surface area (Å²) in [5, 5.41) is 0. The van der Waals surface area contributed by atoms with Crippen LogP contribution in [0, 0.1) is 5.92 Å². The molecule has 0 N–H and O–H groups in total. The second-order valence-corrected chi connectivity index (χ2v) is 7.39. The number of hydrogen-bond acceptors (Lipinski definition) is 2. The molecular formula is C24H27NO. The van der Waals surface area contributed by atoms with E-state index >= 15 is 0 Å². The largest absolute Gasteiger partial charge is 0.493 e. The highest BCUT2D eigenvalue weighted by Crippen LogP contribution is 2.27. The van der Waals surface area contributed by atoms with E-state index in [1.54, 1.807) is 0 Å². The van der Waals surface area contributed by atoms with Crippen LogP contribution in [0.3, 0.4) is 0 Å². The van der Waals surface area contributed by atoms with Crippen molar-refractivity contribution < 1.29 is 4.74 Å². The van der Waals surface area contributed by atoms with E-state index < -0.39 is 0 Å². The molecule has 134 valence electrons. The summed E-state index contributed by atoms with van der Waals surface area (Å²) in [6.07, 6.45) is 12.1. The zero-order valence-electron chi connectivity index (χ0n) is 15.4. The van der Waals surface area contributed by atoms with E-state index in [9.17, 15) is 0 Å². The zero-order chi connectivity index (χ0) is 17.6. The average molecular weight is 345 g/mol. The van der Waals surface area contributed by atoms with Crippen LogP contribution in [-0.2, 0) is 6.42 Å². The second kappa shape index (κ2) is 8.35. The Morgan fingerprint density at radius 1 is 0.962 bits per heavy atom. The highest BCUT2D eigenvalue weighted by molar-refractivity contribution is 6.12. The predicted octanol–water partition coefficient (Wildman–Crippen LogP) is 5.70. The molecule has 2 nitrogen and oxygen atoms in total. The Balaban J connectivity index is 1.44. The topological polar surface area (TPSA) is 21.6 Å². The summed E-state index contributed by atoms with van der Waals surface area (Å²) >= 11 is 0. The SMILES string of the molecule is C(=Cc1ccccc1)C1=NCCc2cc(OCC3CCCCC3)ccc21. The van der Waals surface area contributed by atoms with E-state index in [-0.39, 0.29) is 0 Å². The number of aliphatic imine (C=N–C) groups is 1. The summed E-state index contributed by atoms with van der Waals surface area (Å²) in [7, 11) is 0. The zero-order valence-corrected chi connectivity index (χ0v) is 15.4. The van der Waals surface area contributed by atoms with Crippen LogP contribution in [-0.4, -0.2) is 18.9 Å². The van der Waals surface area contributed by atoms with Crippen molar-refractivity contribution in [3.8, 4) is 5.75 Å². The molecular weight excluding hydrogens is 318 g/mol. The van der Waals surface area contributed by atoms with Crippen molar-refractivity contribution in [3.05, 3.63) is 71.3 Å². The van der Waals surface area contributed by atoms with Crippen molar-refractivity contribution >= 4 is 11.8 Å². The molecule has 0 atom stereocenters. The molecule has 1 aliphatic heterocycles. The van der Waals surface area contributed by atoms with Gasteiger partial charge < -0.3 is 4.74 Å². The van der Waals surface area contributed by atoms with Crippen molar-refractivity contribution in [3.63, 3.8) is 0 Å². The first kappa shape index (κ1) is 17.1. The van der Waals surface area contributed by atoms with E-state index in [0.717, 1.165) is 37.0 Å². The van der Waals surface area contributed by atoms with E-state index in [1.165, 1.54) is 48.8 Å². The first-order valence-electron chi connectivity index (χ1n) is 9.92. The highest BCUT2D eigenvalue weighted by atomic mass is 16.5. The van der Waals surface area contributed by atoms with Gasteiger partial charge in [0, 0.05) is 12.1 Å². The Morgan fingerprint density at radius 3 is 2.65 bits per heavy atom. The van der Waals surface area contributed by atoms with Gasteiger partial charge in [-0.05, 0) is 60.6 Å². The maximum atomic E-state index is 6.12. The molecule has 2 heteroatoms. The molecule has 1 aliphatic carbocycles.